The minimum Gasteiger partial charge on any atom is -0.348 e. The Hall–Kier alpha value is -0.980. The topological polar surface area (TPSA) is 4.93 Å². The van der Waals surface area contributed by atoms with Crippen molar-refractivity contribution in [2.75, 3.05) is 0 Å². The molecule has 1 nitrogen and oxygen atoms in total. The maximum atomic E-state index is 3.75. The molecular weight excluding hydrogens is 122 g/mol. The van der Waals surface area contributed by atoms with E-state index in [2.05, 4.69) is 38.1 Å². The van der Waals surface area contributed by atoms with Crippen LogP contribution in [0.15, 0.2) is 12.6 Å². The van der Waals surface area contributed by atoms with Gasteiger partial charge in [0.1, 0.15) is 0 Å². The van der Waals surface area contributed by atoms with Gasteiger partial charge in [-0.3, -0.25) is 0 Å². The van der Waals surface area contributed by atoms with Gasteiger partial charge >= 0.3 is 0 Å². The maximum Gasteiger partial charge on any atom is 0.0429 e. The van der Waals surface area contributed by atoms with Crippen LogP contribution in [0.5, 0.6) is 0 Å². The fourth-order valence-corrected chi connectivity index (χ4v) is 1.24. The van der Waals surface area contributed by atoms with E-state index in [1.807, 2.05) is 6.08 Å². The molecule has 0 spiro atoms. The van der Waals surface area contributed by atoms with Gasteiger partial charge in [0.15, 0.2) is 0 Å². The van der Waals surface area contributed by atoms with E-state index in [4.69, 9.17) is 0 Å². The summed E-state index contributed by atoms with van der Waals surface area (Å²) in [5, 5.41) is 0. The number of hydrogen-bond acceptors (Lipinski definition) is 0. The highest BCUT2D eigenvalue weighted by atomic mass is 14.9. The van der Waals surface area contributed by atoms with Crippen molar-refractivity contribution in [2.45, 2.75) is 13.8 Å². The van der Waals surface area contributed by atoms with Crippen LogP contribution in [0.4, 0.5) is 0 Å². The molecule has 10 heavy (non-hydrogen) atoms. The highest BCUT2D eigenvalue weighted by Crippen LogP contribution is 2.13. The van der Waals surface area contributed by atoms with Crippen molar-refractivity contribution < 1.29 is 0 Å². The third kappa shape index (κ3) is 0.878. The summed E-state index contributed by atoms with van der Waals surface area (Å²) in [7, 11) is 2.05. The number of hydrogen-bond donors (Lipinski definition) is 0. The van der Waals surface area contributed by atoms with Crippen LogP contribution in [0.1, 0.15) is 17.0 Å². The standard InChI is InChI=1S/C9H13N/c1-5-9-7(2)6-8(3)10(9)4/h5-6H,1H2,2-4H3. The molecule has 0 aliphatic carbocycles. The van der Waals surface area contributed by atoms with Crippen LogP contribution < -0.4 is 0 Å². The molecule has 0 saturated heterocycles. The molecule has 0 atom stereocenters. The molecule has 1 aromatic rings. The minimum atomic E-state index is 1.22. The van der Waals surface area contributed by atoms with Crippen LogP contribution in [0.2, 0.25) is 0 Å². The molecule has 1 rings (SSSR count). The lowest BCUT2D eigenvalue weighted by Gasteiger charge is -1.99. The quantitative estimate of drug-likeness (QED) is 0.556. The average molecular weight is 135 g/mol. The Morgan fingerprint density at radius 2 is 2.10 bits per heavy atom. The summed E-state index contributed by atoms with van der Waals surface area (Å²) >= 11 is 0. The minimum absolute atomic E-state index is 1.22. The zero-order valence-corrected chi connectivity index (χ0v) is 6.81. The van der Waals surface area contributed by atoms with E-state index in [1.54, 1.807) is 0 Å². The summed E-state index contributed by atoms with van der Waals surface area (Å²) < 4.78 is 2.14. The lowest BCUT2D eigenvalue weighted by molar-refractivity contribution is 0.869. The van der Waals surface area contributed by atoms with Gasteiger partial charge < -0.3 is 4.57 Å². The van der Waals surface area contributed by atoms with Crippen molar-refractivity contribution in [2.24, 2.45) is 7.05 Å². The molecule has 1 aromatic heterocycles. The molecule has 0 aliphatic heterocycles. The Labute approximate surface area is 62.0 Å². The third-order valence-corrected chi connectivity index (χ3v) is 1.91. The van der Waals surface area contributed by atoms with Crippen LogP contribution in [0, 0.1) is 13.8 Å². The largest absolute Gasteiger partial charge is 0.348 e. The van der Waals surface area contributed by atoms with Gasteiger partial charge in [-0.1, -0.05) is 6.58 Å². The summed E-state index contributed by atoms with van der Waals surface area (Å²) in [5.41, 5.74) is 3.81. The van der Waals surface area contributed by atoms with Gasteiger partial charge in [0.2, 0.25) is 0 Å². The van der Waals surface area contributed by atoms with Crippen molar-refractivity contribution in [3.8, 4) is 0 Å². The van der Waals surface area contributed by atoms with Crippen molar-refractivity contribution >= 4 is 6.08 Å². The van der Waals surface area contributed by atoms with E-state index < -0.39 is 0 Å². The van der Waals surface area contributed by atoms with Crippen LogP contribution in [-0.4, -0.2) is 4.57 Å². The van der Waals surface area contributed by atoms with E-state index in [0.29, 0.717) is 0 Å². The fraction of sp³-hybridized carbons (Fsp3) is 0.333. The molecule has 54 valence electrons. The summed E-state index contributed by atoms with van der Waals surface area (Å²) in [6, 6.07) is 2.16. The van der Waals surface area contributed by atoms with Crippen LogP contribution in [0.3, 0.4) is 0 Å². The van der Waals surface area contributed by atoms with Gasteiger partial charge in [-0.05, 0) is 31.6 Å². The van der Waals surface area contributed by atoms with Crippen LogP contribution >= 0.6 is 0 Å². The highest BCUT2D eigenvalue weighted by molar-refractivity contribution is 5.49. The molecule has 0 aliphatic rings. The molecule has 0 bridgehead atoms. The molecule has 0 amide bonds. The zero-order valence-electron chi connectivity index (χ0n) is 6.81. The first-order valence-electron chi connectivity index (χ1n) is 3.42. The van der Waals surface area contributed by atoms with Gasteiger partial charge in [-0.15, -0.1) is 0 Å². The number of nitrogens with zero attached hydrogens (tertiary/aromatic N) is 1. The van der Waals surface area contributed by atoms with E-state index in [1.165, 1.54) is 17.0 Å². The first-order chi connectivity index (χ1) is 4.66. The first-order valence-corrected chi connectivity index (χ1v) is 3.42. The summed E-state index contributed by atoms with van der Waals surface area (Å²) in [5.74, 6) is 0. The second-order valence-electron chi connectivity index (χ2n) is 2.62. The molecule has 0 radical (unpaired) electrons. The average Bonchev–Trinajstić information content (AvgIpc) is 2.09. The predicted octanol–water partition coefficient (Wildman–Crippen LogP) is 2.28. The van der Waals surface area contributed by atoms with Crippen molar-refractivity contribution in [3.63, 3.8) is 0 Å². The van der Waals surface area contributed by atoms with Crippen LogP contribution in [0.25, 0.3) is 6.08 Å². The van der Waals surface area contributed by atoms with Gasteiger partial charge in [-0.25, -0.2) is 0 Å². The normalized spacial score (nSPS) is 9.90. The lowest BCUT2D eigenvalue weighted by Crippen LogP contribution is -1.92. The van der Waals surface area contributed by atoms with Crippen molar-refractivity contribution in [1.29, 1.82) is 0 Å². The first kappa shape index (κ1) is 7.13. The second-order valence-corrected chi connectivity index (χ2v) is 2.62. The third-order valence-electron chi connectivity index (χ3n) is 1.91. The lowest BCUT2D eigenvalue weighted by atomic mass is 10.2. The molecule has 1 heteroatoms. The number of aromatic nitrogens is 1. The van der Waals surface area contributed by atoms with Crippen molar-refractivity contribution in [3.05, 3.63) is 29.6 Å². The van der Waals surface area contributed by atoms with E-state index in [0.717, 1.165) is 0 Å². The fourth-order valence-electron chi connectivity index (χ4n) is 1.24. The monoisotopic (exact) mass is 135 g/mol. The Morgan fingerprint density at radius 3 is 2.30 bits per heavy atom. The van der Waals surface area contributed by atoms with Crippen molar-refractivity contribution in [1.82, 2.24) is 4.57 Å². The molecule has 0 aromatic carbocycles. The summed E-state index contributed by atoms with van der Waals surface area (Å²) in [6.45, 7) is 7.94. The van der Waals surface area contributed by atoms with Gasteiger partial charge in [0.25, 0.3) is 0 Å². The number of rotatable bonds is 1. The molecule has 0 saturated carbocycles. The summed E-state index contributed by atoms with van der Waals surface area (Å²) in [4.78, 5) is 0. The van der Waals surface area contributed by atoms with E-state index in [9.17, 15) is 0 Å². The molecule has 0 N–H and O–H groups in total. The molecule has 0 fully saturated rings. The SMILES string of the molecule is C=Cc1c(C)cc(C)n1C. The summed E-state index contributed by atoms with van der Waals surface area (Å²) in [6.07, 6.45) is 1.89. The zero-order chi connectivity index (χ0) is 7.72. The van der Waals surface area contributed by atoms with Gasteiger partial charge in [0.05, 0.1) is 0 Å². The van der Waals surface area contributed by atoms with Crippen LogP contribution in [-0.2, 0) is 7.05 Å². The van der Waals surface area contributed by atoms with Gasteiger partial charge in [0, 0.05) is 18.4 Å². The molecule has 0 unspecified atom stereocenters. The maximum absolute atomic E-state index is 3.75. The Morgan fingerprint density at radius 1 is 1.50 bits per heavy atom. The number of aryl methyl sites for hydroxylation is 2. The predicted molar refractivity (Wildman–Crippen MR) is 45.0 cm³/mol. The smallest absolute Gasteiger partial charge is 0.0429 e. The Balaban J connectivity index is 3.33. The Kier molecular flexibility index (Phi) is 1.66. The second kappa shape index (κ2) is 2.33. The van der Waals surface area contributed by atoms with E-state index in [-0.39, 0.29) is 0 Å². The highest BCUT2D eigenvalue weighted by Gasteiger charge is 2.00. The van der Waals surface area contributed by atoms with E-state index >= 15 is 0 Å². The molecular formula is C9H13N. The Bertz CT molecular complexity index is 256. The molecule has 1 heterocycles. The van der Waals surface area contributed by atoms with Gasteiger partial charge in [-0.2, -0.15) is 0 Å².